The average Bonchev–Trinajstić information content (AvgIpc) is 2.51. The number of hydrogen-bond acceptors (Lipinski definition) is 3. The molecule has 0 heterocycles. The minimum absolute atomic E-state index is 0.0997. The molecule has 122 valence electrons. The average molecular weight is 375 g/mol. The number of methoxy groups -OCH3 is 2. The summed E-state index contributed by atoms with van der Waals surface area (Å²) in [5.74, 6) is 0.933. The van der Waals surface area contributed by atoms with Gasteiger partial charge >= 0.3 is 0 Å². The van der Waals surface area contributed by atoms with Gasteiger partial charge in [0, 0.05) is 16.7 Å². The normalized spacial score (nSPS) is 10.3. The Labute approximate surface area is 149 Å². The van der Waals surface area contributed by atoms with Gasteiger partial charge in [-0.25, -0.2) is 0 Å². The van der Waals surface area contributed by atoms with Crippen molar-refractivity contribution in [3.63, 3.8) is 0 Å². The van der Waals surface area contributed by atoms with E-state index in [0.717, 1.165) is 0 Å². The molecule has 0 aliphatic rings. The van der Waals surface area contributed by atoms with Gasteiger partial charge < -0.3 is 14.8 Å². The van der Waals surface area contributed by atoms with E-state index < -0.39 is 0 Å². The summed E-state index contributed by atoms with van der Waals surface area (Å²) in [6.45, 7) is 0. The van der Waals surface area contributed by atoms with E-state index in [1.165, 1.54) is 19.2 Å². The van der Waals surface area contributed by atoms with Crippen LogP contribution in [0.1, 0.15) is 5.56 Å². The van der Waals surface area contributed by atoms with Crippen LogP contribution in [0.4, 0.5) is 5.69 Å². The first-order chi connectivity index (χ1) is 10.9. The van der Waals surface area contributed by atoms with Crippen LogP contribution >= 0.6 is 34.8 Å². The molecule has 0 radical (unpaired) electrons. The molecule has 23 heavy (non-hydrogen) atoms. The monoisotopic (exact) mass is 373 g/mol. The standard InChI is InChI=1S/C16H14Cl3NO3/c1-22-11-4-3-9(14(8-11)23-2)5-15(21)20-16-12(18)6-10(17)7-13(16)19/h3-4,6-8H,5H2,1-2H3,(H,20,21). The number of carbonyl (C=O) groups excluding carboxylic acids is 1. The fourth-order valence-corrected chi connectivity index (χ4v) is 2.93. The predicted molar refractivity (Wildman–Crippen MR) is 93.4 cm³/mol. The van der Waals surface area contributed by atoms with E-state index in [9.17, 15) is 4.79 Å². The molecule has 0 aliphatic heterocycles. The molecular formula is C16H14Cl3NO3. The number of hydrogen-bond donors (Lipinski definition) is 1. The van der Waals surface area contributed by atoms with Gasteiger partial charge in [-0.1, -0.05) is 40.9 Å². The Hall–Kier alpha value is -1.62. The number of nitrogens with one attached hydrogen (secondary N) is 1. The summed E-state index contributed by atoms with van der Waals surface area (Å²) in [6, 6.07) is 8.26. The highest BCUT2D eigenvalue weighted by atomic mass is 35.5. The first kappa shape index (κ1) is 17.7. The molecule has 0 aliphatic carbocycles. The topological polar surface area (TPSA) is 47.6 Å². The third kappa shape index (κ3) is 4.44. The smallest absolute Gasteiger partial charge is 0.229 e. The van der Waals surface area contributed by atoms with Crippen molar-refractivity contribution < 1.29 is 14.3 Å². The number of halogens is 3. The maximum Gasteiger partial charge on any atom is 0.229 e. The summed E-state index contributed by atoms with van der Waals surface area (Å²) in [6.07, 6.45) is 0.0997. The zero-order valence-corrected chi connectivity index (χ0v) is 14.7. The van der Waals surface area contributed by atoms with Gasteiger partial charge in [-0.05, 0) is 18.2 Å². The fraction of sp³-hybridized carbons (Fsp3) is 0.188. The Balaban J connectivity index is 2.17. The van der Waals surface area contributed by atoms with Crippen molar-refractivity contribution >= 4 is 46.4 Å². The molecule has 2 aromatic rings. The van der Waals surface area contributed by atoms with Crippen LogP contribution in [0.2, 0.25) is 15.1 Å². The Kier molecular flexibility index (Phi) is 5.99. The van der Waals surface area contributed by atoms with Gasteiger partial charge in [-0.3, -0.25) is 4.79 Å². The summed E-state index contributed by atoms with van der Waals surface area (Å²) >= 11 is 18.0. The van der Waals surface area contributed by atoms with Crippen LogP contribution in [0, 0.1) is 0 Å². The SMILES string of the molecule is COc1ccc(CC(=O)Nc2c(Cl)cc(Cl)cc2Cl)c(OC)c1. The Bertz CT molecular complexity index is 712. The Morgan fingerprint density at radius 2 is 1.70 bits per heavy atom. The van der Waals surface area contributed by atoms with Crippen LogP contribution in [0.5, 0.6) is 11.5 Å². The molecule has 0 unspecified atom stereocenters. The zero-order valence-electron chi connectivity index (χ0n) is 12.5. The maximum atomic E-state index is 12.2. The lowest BCUT2D eigenvalue weighted by Crippen LogP contribution is -2.15. The summed E-state index contributed by atoms with van der Waals surface area (Å²) in [5.41, 5.74) is 1.04. The van der Waals surface area contributed by atoms with E-state index in [4.69, 9.17) is 44.3 Å². The van der Waals surface area contributed by atoms with E-state index in [1.54, 1.807) is 25.3 Å². The van der Waals surface area contributed by atoms with Gasteiger partial charge in [-0.15, -0.1) is 0 Å². The van der Waals surface area contributed by atoms with Crippen LogP contribution in [-0.2, 0) is 11.2 Å². The van der Waals surface area contributed by atoms with Crippen molar-refractivity contribution in [2.75, 3.05) is 19.5 Å². The first-order valence-electron chi connectivity index (χ1n) is 6.60. The van der Waals surface area contributed by atoms with Crippen molar-refractivity contribution in [2.24, 2.45) is 0 Å². The number of anilines is 1. The van der Waals surface area contributed by atoms with E-state index in [-0.39, 0.29) is 22.4 Å². The molecule has 4 nitrogen and oxygen atoms in total. The number of rotatable bonds is 5. The first-order valence-corrected chi connectivity index (χ1v) is 7.73. The van der Waals surface area contributed by atoms with Crippen molar-refractivity contribution in [3.8, 4) is 11.5 Å². The second kappa shape index (κ2) is 7.77. The van der Waals surface area contributed by atoms with Gasteiger partial charge in [-0.2, -0.15) is 0 Å². The third-order valence-electron chi connectivity index (χ3n) is 3.12. The van der Waals surface area contributed by atoms with Gasteiger partial charge in [0.25, 0.3) is 0 Å². The number of amides is 1. The fourth-order valence-electron chi connectivity index (χ4n) is 2.02. The lowest BCUT2D eigenvalue weighted by molar-refractivity contribution is -0.115. The van der Waals surface area contributed by atoms with Gasteiger partial charge in [0.2, 0.25) is 5.91 Å². The summed E-state index contributed by atoms with van der Waals surface area (Å²) in [5, 5.41) is 3.63. The van der Waals surface area contributed by atoms with Crippen molar-refractivity contribution in [3.05, 3.63) is 51.0 Å². The molecule has 0 aromatic heterocycles. The molecule has 0 atom stereocenters. The van der Waals surface area contributed by atoms with Crippen molar-refractivity contribution in [1.82, 2.24) is 0 Å². The molecule has 0 spiro atoms. The number of benzene rings is 2. The second-order valence-corrected chi connectivity index (χ2v) is 5.90. The molecule has 2 aromatic carbocycles. The third-order valence-corrected chi connectivity index (χ3v) is 3.93. The van der Waals surface area contributed by atoms with Crippen LogP contribution in [-0.4, -0.2) is 20.1 Å². The molecule has 0 bridgehead atoms. The second-order valence-electron chi connectivity index (χ2n) is 4.65. The minimum atomic E-state index is -0.278. The molecule has 0 saturated carbocycles. The molecule has 2 rings (SSSR count). The maximum absolute atomic E-state index is 12.2. The van der Waals surface area contributed by atoms with E-state index in [1.807, 2.05) is 0 Å². The van der Waals surface area contributed by atoms with Gasteiger partial charge in [0.15, 0.2) is 0 Å². The molecule has 1 amide bonds. The highest BCUT2D eigenvalue weighted by Gasteiger charge is 2.14. The van der Waals surface area contributed by atoms with E-state index in [0.29, 0.717) is 27.8 Å². The van der Waals surface area contributed by atoms with Crippen molar-refractivity contribution in [1.29, 1.82) is 0 Å². The summed E-state index contributed by atoms with van der Waals surface area (Å²) in [4.78, 5) is 12.2. The lowest BCUT2D eigenvalue weighted by Gasteiger charge is -2.12. The summed E-state index contributed by atoms with van der Waals surface area (Å²) < 4.78 is 10.4. The van der Waals surface area contributed by atoms with Crippen LogP contribution < -0.4 is 14.8 Å². The quantitative estimate of drug-likeness (QED) is 0.814. The molecule has 0 saturated heterocycles. The lowest BCUT2D eigenvalue weighted by atomic mass is 10.1. The highest BCUT2D eigenvalue weighted by Crippen LogP contribution is 2.34. The molecular weight excluding hydrogens is 361 g/mol. The highest BCUT2D eigenvalue weighted by molar-refractivity contribution is 6.42. The zero-order chi connectivity index (χ0) is 17.0. The number of carbonyl (C=O) groups is 1. The van der Waals surface area contributed by atoms with E-state index in [2.05, 4.69) is 5.32 Å². The predicted octanol–water partition coefficient (Wildman–Crippen LogP) is 4.85. The van der Waals surface area contributed by atoms with Crippen molar-refractivity contribution in [2.45, 2.75) is 6.42 Å². The molecule has 0 fully saturated rings. The van der Waals surface area contributed by atoms with Crippen LogP contribution in [0.15, 0.2) is 30.3 Å². The molecule has 7 heteroatoms. The number of ether oxygens (including phenoxy) is 2. The minimum Gasteiger partial charge on any atom is -0.497 e. The summed E-state index contributed by atoms with van der Waals surface area (Å²) in [7, 11) is 3.09. The largest absolute Gasteiger partial charge is 0.497 e. The Morgan fingerprint density at radius 1 is 1.04 bits per heavy atom. The van der Waals surface area contributed by atoms with Crippen LogP contribution in [0.25, 0.3) is 0 Å². The van der Waals surface area contributed by atoms with Gasteiger partial charge in [0.05, 0.1) is 36.4 Å². The molecule has 1 N–H and O–H groups in total. The Morgan fingerprint density at radius 3 is 2.26 bits per heavy atom. The van der Waals surface area contributed by atoms with Gasteiger partial charge in [0.1, 0.15) is 11.5 Å². The van der Waals surface area contributed by atoms with Crippen LogP contribution in [0.3, 0.4) is 0 Å². The van der Waals surface area contributed by atoms with E-state index >= 15 is 0 Å².